The van der Waals surface area contributed by atoms with E-state index >= 15 is 0 Å². The van der Waals surface area contributed by atoms with Crippen molar-refractivity contribution in [1.82, 2.24) is 25.2 Å². The van der Waals surface area contributed by atoms with Crippen LogP contribution in [0.2, 0.25) is 0 Å². The van der Waals surface area contributed by atoms with Gasteiger partial charge in [0.1, 0.15) is 16.6 Å². The molecule has 1 unspecified atom stereocenters. The van der Waals surface area contributed by atoms with Crippen LogP contribution in [0.1, 0.15) is 36.0 Å². The average Bonchev–Trinajstić information content (AvgIpc) is 3.29. The molecular formula is C18H23N5O3. The zero-order valence-corrected chi connectivity index (χ0v) is 14.9. The summed E-state index contributed by atoms with van der Waals surface area (Å²) < 4.78 is 5.13. The summed E-state index contributed by atoms with van der Waals surface area (Å²) >= 11 is 0. The zero-order valence-electron chi connectivity index (χ0n) is 14.9. The first kappa shape index (κ1) is 17.0. The number of carbonyl (C=O) groups excluding carboxylic acids is 2. The van der Waals surface area contributed by atoms with E-state index < -0.39 is 5.54 Å². The van der Waals surface area contributed by atoms with Crippen LogP contribution in [-0.2, 0) is 9.53 Å². The average molecular weight is 357 g/mol. The molecule has 1 aromatic carbocycles. The predicted molar refractivity (Wildman–Crippen MR) is 94.6 cm³/mol. The van der Waals surface area contributed by atoms with Gasteiger partial charge in [0.05, 0.1) is 6.61 Å². The number of hydrogen-bond acceptors (Lipinski definition) is 5. The Morgan fingerprint density at radius 2 is 2.00 bits per heavy atom. The number of H-pyrrole nitrogens is 1. The molecule has 2 amide bonds. The van der Waals surface area contributed by atoms with Crippen molar-refractivity contribution in [2.75, 3.05) is 33.4 Å². The number of nitrogens with zero attached hydrogens (tertiary/aromatic N) is 4. The van der Waals surface area contributed by atoms with E-state index in [2.05, 4.69) is 15.4 Å². The molecule has 4 rings (SSSR count). The first-order valence-corrected chi connectivity index (χ1v) is 9.06. The Morgan fingerprint density at radius 1 is 1.23 bits per heavy atom. The molecule has 138 valence electrons. The minimum atomic E-state index is -0.706. The lowest BCUT2D eigenvalue weighted by Crippen LogP contribution is -2.61. The second-order valence-corrected chi connectivity index (χ2v) is 7.01. The fourth-order valence-electron chi connectivity index (χ4n) is 4.27. The number of nitrogens with one attached hydrogen (secondary N) is 1. The van der Waals surface area contributed by atoms with Crippen molar-refractivity contribution >= 4 is 22.8 Å². The number of fused-ring (bicyclic) bond motifs is 1. The number of amides is 2. The Morgan fingerprint density at radius 3 is 2.81 bits per heavy atom. The van der Waals surface area contributed by atoms with Crippen LogP contribution in [0.5, 0.6) is 0 Å². The molecule has 1 aromatic heterocycles. The summed E-state index contributed by atoms with van der Waals surface area (Å²) in [7, 11) is 1.63. The number of benzene rings is 1. The molecular weight excluding hydrogens is 334 g/mol. The van der Waals surface area contributed by atoms with Crippen LogP contribution in [0.25, 0.3) is 11.0 Å². The monoisotopic (exact) mass is 357 g/mol. The summed E-state index contributed by atoms with van der Waals surface area (Å²) in [6, 6.07) is 5.28. The third-order valence-corrected chi connectivity index (χ3v) is 5.57. The predicted octanol–water partition coefficient (Wildman–Crippen LogP) is 1.20. The van der Waals surface area contributed by atoms with Crippen LogP contribution in [0.4, 0.5) is 0 Å². The van der Waals surface area contributed by atoms with Crippen LogP contribution in [0.3, 0.4) is 0 Å². The second-order valence-electron chi connectivity index (χ2n) is 7.01. The first-order chi connectivity index (χ1) is 12.7. The molecule has 0 radical (unpaired) electrons. The molecule has 2 aromatic rings. The highest BCUT2D eigenvalue weighted by Crippen LogP contribution is 2.39. The van der Waals surface area contributed by atoms with Crippen LogP contribution in [0.15, 0.2) is 18.2 Å². The van der Waals surface area contributed by atoms with Crippen molar-refractivity contribution in [2.45, 2.75) is 31.2 Å². The number of methoxy groups -OCH3 is 1. The number of carbonyl (C=O) groups is 2. The molecule has 0 aliphatic carbocycles. The standard InChI is InChI=1S/C18H23N5O3/c1-26-11-10-22-8-2-6-18(17(22)25)7-3-9-23(18)16(24)13-4-5-14-15(12-13)20-21-19-14/h4-5,12H,2-3,6-11H2,1H3,(H,19,20,21). The Kier molecular flexibility index (Phi) is 4.36. The quantitative estimate of drug-likeness (QED) is 0.888. The largest absolute Gasteiger partial charge is 0.383 e. The number of likely N-dealkylation sites (tertiary alicyclic amines) is 2. The van der Waals surface area contributed by atoms with Gasteiger partial charge < -0.3 is 14.5 Å². The molecule has 1 N–H and O–H groups in total. The van der Waals surface area contributed by atoms with E-state index in [9.17, 15) is 9.59 Å². The lowest BCUT2D eigenvalue weighted by atomic mass is 9.85. The molecule has 0 bridgehead atoms. The topological polar surface area (TPSA) is 91.4 Å². The smallest absolute Gasteiger partial charge is 0.254 e. The maximum absolute atomic E-state index is 13.2. The van der Waals surface area contributed by atoms with E-state index in [4.69, 9.17) is 4.74 Å². The number of hydrogen-bond donors (Lipinski definition) is 1. The number of rotatable bonds is 4. The highest BCUT2D eigenvalue weighted by atomic mass is 16.5. The fraction of sp³-hybridized carbons (Fsp3) is 0.556. The van der Waals surface area contributed by atoms with Gasteiger partial charge in [-0.1, -0.05) is 0 Å². The number of aromatic nitrogens is 3. The summed E-state index contributed by atoms with van der Waals surface area (Å²) in [4.78, 5) is 30.1. The third kappa shape index (κ3) is 2.65. The van der Waals surface area contributed by atoms with Crippen molar-refractivity contribution in [3.05, 3.63) is 23.8 Å². The van der Waals surface area contributed by atoms with Gasteiger partial charge in [-0.05, 0) is 43.9 Å². The van der Waals surface area contributed by atoms with E-state index in [-0.39, 0.29) is 11.8 Å². The molecule has 2 saturated heterocycles. The molecule has 8 nitrogen and oxygen atoms in total. The summed E-state index contributed by atoms with van der Waals surface area (Å²) in [6.07, 6.45) is 3.21. The maximum Gasteiger partial charge on any atom is 0.254 e. The third-order valence-electron chi connectivity index (χ3n) is 5.57. The van der Waals surface area contributed by atoms with Gasteiger partial charge in [0, 0.05) is 32.3 Å². The Balaban J connectivity index is 1.62. The first-order valence-electron chi connectivity index (χ1n) is 9.06. The van der Waals surface area contributed by atoms with Gasteiger partial charge >= 0.3 is 0 Å². The van der Waals surface area contributed by atoms with Gasteiger partial charge in [0.15, 0.2) is 0 Å². The van der Waals surface area contributed by atoms with Crippen molar-refractivity contribution in [3.8, 4) is 0 Å². The van der Waals surface area contributed by atoms with Gasteiger partial charge in [-0.25, -0.2) is 0 Å². The van der Waals surface area contributed by atoms with Crippen molar-refractivity contribution in [3.63, 3.8) is 0 Å². The van der Waals surface area contributed by atoms with Crippen LogP contribution in [0, 0.1) is 0 Å². The van der Waals surface area contributed by atoms with E-state index in [1.165, 1.54) is 0 Å². The van der Waals surface area contributed by atoms with Gasteiger partial charge in [-0.2, -0.15) is 15.4 Å². The normalized spacial score (nSPS) is 23.3. The zero-order chi connectivity index (χ0) is 18.1. The minimum absolute atomic E-state index is 0.0640. The van der Waals surface area contributed by atoms with Crippen molar-refractivity contribution in [1.29, 1.82) is 0 Å². The van der Waals surface area contributed by atoms with E-state index in [0.717, 1.165) is 37.7 Å². The van der Waals surface area contributed by atoms with Crippen LogP contribution < -0.4 is 0 Å². The Bertz CT molecular complexity index is 835. The Labute approximate surface area is 151 Å². The molecule has 2 fully saturated rings. The summed E-state index contributed by atoms with van der Waals surface area (Å²) in [5.74, 6) is -0.0384. The molecule has 1 spiro atoms. The number of ether oxygens (including phenoxy) is 1. The van der Waals surface area contributed by atoms with E-state index in [1.807, 2.05) is 4.90 Å². The summed E-state index contributed by atoms with van der Waals surface area (Å²) in [5, 5.41) is 10.6. The second kappa shape index (κ2) is 6.68. The highest BCUT2D eigenvalue weighted by molar-refractivity contribution is 6.01. The number of aromatic amines is 1. The van der Waals surface area contributed by atoms with Crippen molar-refractivity contribution < 1.29 is 14.3 Å². The molecule has 2 aliphatic rings. The molecule has 0 saturated carbocycles. The summed E-state index contributed by atoms with van der Waals surface area (Å²) in [6.45, 7) is 2.43. The minimum Gasteiger partial charge on any atom is -0.383 e. The molecule has 8 heteroatoms. The lowest BCUT2D eigenvalue weighted by molar-refractivity contribution is -0.146. The SMILES string of the molecule is COCCN1CCCC2(CCCN2C(=O)c2ccc3n[nH]nc3c2)C1=O. The van der Waals surface area contributed by atoms with Gasteiger partial charge in [0.2, 0.25) is 5.91 Å². The van der Waals surface area contributed by atoms with Crippen molar-refractivity contribution in [2.24, 2.45) is 0 Å². The fourth-order valence-corrected chi connectivity index (χ4v) is 4.27. The van der Waals surface area contributed by atoms with Crippen LogP contribution >= 0.6 is 0 Å². The summed E-state index contributed by atoms with van der Waals surface area (Å²) in [5.41, 5.74) is 1.22. The Hall–Kier alpha value is -2.48. The van der Waals surface area contributed by atoms with Gasteiger partial charge in [0.25, 0.3) is 5.91 Å². The number of piperidine rings is 1. The molecule has 2 aliphatic heterocycles. The van der Waals surface area contributed by atoms with E-state index in [0.29, 0.717) is 30.8 Å². The van der Waals surface area contributed by atoms with E-state index in [1.54, 1.807) is 30.2 Å². The lowest BCUT2D eigenvalue weighted by Gasteiger charge is -2.44. The molecule has 1 atom stereocenters. The molecule has 3 heterocycles. The maximum atomic E-state index is 13.2. The van der Waals surface area contributed by atoms with Gasteiger partial charge in [-0.3, -0.25) is 9.59 Å². The van der Waals surface area contributed by atoms with Gasteiger partial charge in [-0.15, -0.1) is 0 Å². The highest BCUT2D eigenvalue weighted by Gasteiger charge is 2.52. The van der Waals surface area contributed by atoms with Crippen LogP contribution in [-0.4, -0.2) is 75.9 Å². The molecule has 26 heavy (non-hydrogen) atoms.